The van der Waals surface area contributed by atoms with E-state index in [1.54, 1.807) is 0 Å². The molecule has 612 valence electrons. The van der Waals surface area contributed by atoms with Gasteiger partial charge < -0.3 is 165 Å². The summed E-state index contributed by atoms with van der Waals surface area (Å²) in [6.45, 7) is 6.44. The second-order valence-corrected chi connectivity index (χ2v) is 28.1. The van der Waals surface area contributed by atoms with Gasteiger partial charge in [0.25, 0.3) is 11.8 Å². The van der Waals surface area contributed by atoms with Crippen molar-refractivity contribution in [3.63, 3.8) is 0 Å². The van der Waals surface area contributed by atoms with Crippen molar-refractivity contribution in [1.82, 2.24) is 66.7 Å². The molecule has 17 unspecified atom stereocenters. The van der Waals surface area contributed by atoms with E-state index in [9.17, 15) is 84.9 Å². The van der Waals surface area contributed by atoms with E-state index in [2.05, 4.69) is 66.7 Å². The molecule has 30 N–H and O–H groups in total. The molecule has 0 aromatic carbocycles. The van der Waals surface area contributed by atoms with Crippen LogP contribution in [-0.4, -0.2) is 332 Å². The monoisotopic (exact) mass is 1600 g/mol. The smallest absolute Gasteiger partial charge is 0.404 e. The molecule has 25 atom stereocenters. The zero-order chi connectivity index (χ0) is 80.7. The summed E-state index contributed by atoms with van der Waals surface area (Å²) in [5.41, 5.74) is 33.5. The van der Waals surface area contributed by atoms with E-state index in [1.165, 1.54) is 24.6 Å². The van der Waals surface area contributed by atoms with Crippen LogP contribution in [0.5, 0.6) is 0 Å². The van der Waals surface area contributed by atoms with Crippen LogP contribution in [0.4, 0.5) is 10.6 Å². The van der Waals surface area contributed by atoms with Gasteiger partial charge in [-0.25, -0.2) is 29.7 Å². The number of aliphatic hydroxyl groups excluding tert-OH is 11. The largest absolute Gasteiger partial charge is 0.441 e. The van der Waals surface area contributed by atoms with Gasteiger partial charge in [0.2, 0.25) is 29.5 Å². The van der Waals surface area contributed by atoms with Crippen molar-refractivity contribution < 1.29 is 132 Å². The normalized spacial score (nSPS) is 28.0. The second-order valence-electron chi connectivity index (χ2n) is 26.3. The number of hydrogen-bond donors (Lipinski definition) is 24. The van der Waals surface area contributed by atoms with Crippen LogP contribution in [0, 0.1) is 6.92 Å². The Morgan fingerprint density at radius 2 is 1.44 bits per heavy atom. The number of anilines is 1. The van der Waals surface area contributed by atoms with Crippen molar-refractivity contribution in [2.24, 2.45) is 28.7 Å². The van der Waals surface area contributed by atoms with Gasteiger partial charge >= 0.3 is 6.09 Å². The number of morpholine rings is 1. The molecule has 8 rings (SSSR count). The van der Waals surface area contributed by atoms with Crippen LogP contribution in [0.2, 0.25) is 0 Å². The zero-order valence-electron chi connectivity index (χ0n) is 59.6. The van der Waals surface area contributed by atoms with Gasteiger partial charge in [0.1, 0.15) is 112 Å². The van der Waals surface area contributed by atoms with Gasteiger partial charge in [-0.3, -0.25) is 38.5 Å². The van der Waals surface area contributed by atoms with Gasteiger partial charge in [-0.15, -0.1) is 22.7 Å². The number of carbonyl (C=O) groups excluding carboxylic acids is 8. The van der Waals surface area contributed by atoms with Gasteiger partial charge in [0.05, 0.1) is 93.5 Å². The number of carbonyl (C=O) groups is 8. The first-order valence-electron chi connectivity index (χ1n) is 34.5. The third-order valence-corrected chi connectivity index (χ3v) is 20.0. The van der Waals surface area contributed by atoms with Gasteiger partial charge in [-0.05, 0) is 40.7 Å². The number of H-pyrrole nitrogens is 1. The van der Waals surface area contributed by atoms with Crippen molar-refractivity contribution in [3.05, 3.63) is 56.8 Å². The van der Waals surface area contributed by atoms with E-state index >= 15 is 9.59 Å². The highest BCUT2D eigenvalue weighted by molar-refractivity contribution is 7.14. The lowest BCUT2D eigenvalue weighted by Crippen LogP contribution is -2.65. The fraction of sp³-hybridized carbons (Fsp3) is 0.661. The minimum Gasteiger partial charge on any atom is -0.441 e. The second kappa shape index (κ2) is 40.0. The third kappa shape index (κ3) is 22.5. The highest BCUT2D eigenvalue weighted by Crippen LogP contribution is 2.36. The first-order valence-corrected chi connectivity index (χ1v) is 36.3. The van der Waals surface area contributed by atoms with Gasteiger partial charge in [0, 0.05) is 48.9 Å². The van der Waals surface area contributed by atoms with E-state index < -0.39 is 250 Å². The number of amides is 8. The number of aliphatic hydroxyl groups is 11. The van der Waals surface area contributed by atoms with Crippen molar-refractivity contribution in [1.29, 1.82) is 0 Å². The SMILES string of the molecule is Cc1c(N)nc([C@H](CC(N)=O)NC[C@H](N)C(N)=O)nc1C(=O)N[C@H](C(=O)N[C@H](C)[C@@H](O)CC(=O)N[C@H](C(=O)NC(OC1OC(C)C(N)C(O)C1O)C(O)c1nc(-c2nc(C(=O)NCCCN3CCOCC3)cs2)cs1)[C@@H](C)O)[C@@H](OC1OC(CO)C(O)C(O)C1OC1OC(CO)C(O)C(OC(N)=O)C1O)c1cnc[nH]1. The number of thiazole rings is 2. The predicted octanol–water partition coefficient (Wildman–Crippen LogP) is -10.9. The number of ether oxygens (including phenoxy) is 8. The van der Waals surface area contributed by atoms with Gasteiger partial charge in [-0.1, -0.05) is 0 Å². The maximum atomic E-state index is 15.3. The van der Waals surface area contributed by atoms with E-state index in [1.807, 2.05) is 0 Å². The highest BCUT2D eigenvalue weighted by Gasteiger charge is 2.54. The average molecular weight is 1600 g/mol. The average Bonchev–Trinajstić information content (AvgIpc) is 1.63. The minimum absolute atomic E-state index is 0.0872. The molecule has 0 aliphatic carbocycles. The van der Waals surface area contributed by atoms with Crippen LogP contribution in [0.3, 0.4) is 0 Å². The maximum absolute atomic E-state index is 15.3. The number of aromatic amines is 1. The van der Waals surface area contributed by atoms with Crippen molar-refractivity contribution in [3.8, 4) is 10.7 Å². The Bertz CT molecular complexity index is 3740. The van der Waals surface area contributed by atoms with Crippen LogP contribution >= 0.6 is 22.7 Å². The van der Waals surface area contributed by atoms with Crippen molar-refractivity contribution in [2.75, 3.05) is 64.9 Å². The molecule has 4 aliphatic heterocycles. The first kappa shape index (κ1) is 87.6. The Morgan fingerprint density at radius 3 is 2.08 bits per heavy atom. The Kier molecular flexibility index (Phi) is 31.8. The fourth-order valence-corrected chi connectivity index (χ4v) is 13.4. The summed E-state index contributed by atoms with van der Waals surface area (Å²) in [7, 11) is 0. The van der Waals surface area contributed by atoms with E-state index in [0.717, 1.165) is 68.7 Å². The number of rotatable bonds is 37. The van der Waals surface area contributed by atoms with Crippen LogP contribution in [-0.2, 0) is 61.9 Å². The molecule has 4 aromatic rings. The molecule has 110 heavy (non-hydrogen) atoms. The van der Waals surface area contributed by atoms with Gasteiger partial charge in [0.15, 0.2) is 37.3 Å². The molecular formula is C62H95N19O27S2. The Balaban J connectivity index is 1.05. The van der Waals surface area contributed by atoms with Gasteiger partial charge in [-0.2, -0.15) is 0 Å². The molecule has 4 saturated heterocycles. The summed E-state index contributed by atoms with van der Waals surface area (Å²) in [6, 6.07) is -9.66. The Labute approximate surface area is 633 Å². The van der Waals surface area contributed by atoms with E-state index in [4.69, 9.17) is 72.3 Å². The molecule has 48 heteroatoms. The quantitative estimate of drug-likeness (QED) is 0.0147. The standard InChI is InChI=1S/C62H95N19O27S2/c1-21-36(77-51(79-49(21)66)26(12-33(64)86)71-14-25(63)50(67)95)53(97)78-38(46(27-15-69-20-72-27)105-61-48(42(91)39(88)31(16-82)104-61)106-60-44(93)47(107-62(68)100)40(89)32(17-83)103-60)55(99)73-22(2)30(85)13-34(87)76-37(23(3)84)54(98)80-56(108-59-43(92)41(90)35(65)24(4)102-59)45(94)58-75-29(19-110-58)57-74-28(18-109-57)52(96)70-6-5-7-81-8-10-101-11-9-81/h15,18-20,22-26,30-32,35,37-48,56,59-61,71,82-85,88-94H,5-14,16-17,63,65H2,1-4H3,(H2,64,86)(H2,67,95)(H2,68,100)(H,69,72)(H,70,96)(H,73,99)(H,76,87)(H,78,97)(H,80,98)(H2,66,77,79)/t22-,23-,24?,25+,26+,30+,31?,32?,35?,37+,38+,39?,40?,41?,42?,43?,44?,45?,46+,47?,48?,56?,59?,60?,61?/m1/s1. The summed E-state index contributed by atoms with van der Waals surface area (Å²) in [5.74, 6) is -8.27. The Hall–Kier alpha value is -7.97. The number of imidazole rings is 1. The van der Waals surface area contributed by atoms with E-state index in [0.29, 0.717) is 26.2 Å². The summed E-state index contributed by atoms with van der Waals surface area (Å²) < 4.78 is 45.8. The maximum Gasteiger partial charge on any atom is 0.404 e. The topological polar surface area (TPSA) is 745 Å². The molecule has 46 nitrogen and oxygen atoms in total. The van der Waals surface area contributed by atoms with Crippen LogP contribution in [0.1, 0.15) is 101 Å². The van der Waals surface area contributed by atoms with Crippen LogP contribution < -0.4 is 66.3 Å². The third-order valence-electron chi connectivity index (χ3n) is 18.2. The first-order chi connectivity index (χ1) is 52.1. The molecule has 4 aromatic heterocycles. The number of nitrogens with two attached hydrogens (primary N) is 6. The lowest BCUT2D eigenvalue weighted by Gasteiger charge is -2.47. The van der Waals surface area contributed by atoms with Crippen LogP contribution in [0.25, 0.3) is 10.7 Å². The minimum atomic E-state index is -2.26. The number of hydrogen-bond acceptors (Lipinski definition) is 39. The summed E-state index contributed by atoms with van der Waals surface area (Å²) >= 11 is 1.91. The number of nitrogens with zero attached hydrogens (tertiary/aromatic N) is 6. The highest BCUT2D eigenvalue weighted by atomic mass is 32.1. The number of nitrogens with one attached hydrogen (secondary N) is 7. The van der Waals surface area contributed by atoms with Crippen molar-refractivity contribution >= 4 is 75.9 Å². The molecule has 8 amide bonds. The van der Waals surface area contributed by atoms with Crippen molar-refractivity contribution in [2.45, 2.75) is 200 Å². The molecule has 8 heterocycles. The fourth-order valence-electron chi connectivity index (χ4n) is 11.8. The summed E-state index contributed by atoms with van der Waals surface area (Å²) in [4.78, 5) is 134. The molecule has 0 radical (unpaired) electrons. The predicted molar refractivity (Wildman–Crippen MR) is 373 cm³/mol. The zero-order valence-corrected chi connectivity index (χ0v) is 61.3. The van der Waals surface area contributed by atoms with Crippen LogP contribution in [0.15, 0.2) is 23.3 Å². The molecule has 4 aliphatic rings. The lowest BCUT2D eigenvalue weighted by molar-refractivity contribution is -0.372. The molecule has 0 bridgehead atoms. The number of aromatic nitrogens is 6. The van der Waals surface area contributed by atoms with E-state index in [-0.39, 0.29) is 32.7 Å². The number of primary amides is 3. The molecule has 0 spiro atoms. The molecular weight excluding hydrogens is 1510 g/mol. The summed E-state index contributed by atoms with van der Waals surface area (Å²) in [5, 5.41) is 141. The summed E-state index contributed by atoms with van der Waals surface area (Å²) in [6.07, 6.45) is -37.1. The lowest BCUT2D eigenvalue weighted by atomic mass is 9.97. The number of nitrogen functional groups attached to an aromatic ring is 1. The molecule has 0 saturated carbocycles. The molecule has 4 fully saturated rings. The Morgan fingerprint density at radius 1 is 0.755 bits per heavy atom.